The van der Waals surface area contributed by atoms with Gasteiger partial charge >= 0.3 is 0 Å². The zero-order valence-corrected chi connectivity index (χ0v) is 12.2. The summed E-state index contributed by atoms with van der Waals surface area (Å²) < 4.78 is 32.2. The fourth-order valence-corrected chi connectivity index (χ4v) is 3.32. The highest BCUT2D eigenvalue weighted by molar-refractivity contribution is 7.89. The predicted octanol–water partition coefficient (Wildman–Crippen LogP) is 1.07. The lowest BCUT2D eigenvalue weighted by molar-refractivity contribution is 0.105. The van der Waals surface area contributed by atoms with Crippen LogP contribution in [0, 0.1) is 0 Å². The van der Waals surface area contributed by atoms with E-state index >= 15 is 0 Å². The molecular formula is C14H21NO4S. The van der Waals surface area contributed by atoms with E-state index in [2.05, 4.69) is 4.72 Å². The van der Waals surface area contributed by atoms with E-state index in [9.17, 15) is 8.42 Å². The van der Waals surface area contributed by atoms with E-state index < -0.39 is 10.0 Å². The van der Waals surface area contributed by atoms with Gasteiger partial charge in [0.15, 0.2) is 0 Å². The summed E-state index contributed by atoms with van der Waals surface area (Å²) in [6.45, 7) is 1.24. The number of nitrogens with one attached hydrogen (secondary N) is 1. The predicted molar refractivity (Wildman–Crippen MR) is 76.0 cm³/mol. The summed E-state index contributed by atoms with van der Waals surface area (Å²) in [5.41, 5.74) is 0.922. The highest BCUT2D eigenvalue weighted by atomic mass is 32.2. The third kappa shape index (κ3) is 4.28. The standard InChI is InChI=1S/C14H21NO4S/c16-10-8-12-3-5-14(6-4-12)20(17,18)15-9-7-13-2-1-11-19-13/h3-6,13,15-16H,1-2,7-11H2. The van der Waals surface area contributed by atoms with Crippen LogP contribution in [0.25, 0.3) is 0 Å². The first kappa shape index (κ1) is 15.4. The van der Waals surface area contributed by atoms with Crippen LogP contribution in [0.15, 0.2) is 29.2 Å². The minimum Gasteiger partial charge on any atom is -0.396 e. The average Bonchev–Trinajstić information content (AvgIpc) is 2.93. The first-order valence-corrected chi connectivity index (χ1v) is 8.41. The van der Waals surface area contributed by atoms with Crippen molar-refractivity contribution >= 4 is 10.0 Å². The maximum atomic E-state index is 12.1. The summed E-state index contributed by atoms with van der Waals surface area (Å²) in [5, 5.41) is 8.83. The summed E-state index contributed by atoms with van der Waals surface area (Å²) in [6.07, 6.45) is 3.50. The lowest BCUT2D eigenvalue weighted by atomic mass is 10.2. The molecule has 2 N–H and O–H groups in total. The summed E-state index contributed by atoms with van der Waals surface area (Å²) in [5.74, 6) is 0. The van der Waals surface area contributed by atoms with Gasteiger partial charge < -0.3 is 9.84 Å². The number of hydrogen-bond acceptors (Lipinski definition) is 4. The van der Waals surface area contributed by atoms with E-state index in [0.29, 0.717) is 19.4 Å². The van der Waals surface area contributed by atoms with Crippen molar-refractivity contribution in [2.75, 3.05) is 19.8 Å². The number of ether oxygens (including phenoxy) is 1. The molecule has 0 spiro atoms. The molecule has 0 saturated carbocycles. The van der Waals surface area contributed by atoms with Crippen molar-refractivity contribution in [2.24, 2.45) is 0 Å². The molecule has 1 fully saturated rings. The van der Waals surface area contributed by atoms with E-state index in [0.717, 1.165) is 25.0 Å². The highest BCUT2D eigenvalue weighted by Gasteiger charge is 2.18. The van der Waals surface area contributed by atoms with E-state index in [1.807, 2.05) is 0 Å². The largest absolute Gasteiger partial charge is 0.396 e. The lowest BCUT2D eigenvalue weighted by Gasteiger charge is -2.11. The van der Waals surface area contributed by atoms with Crippen molar-refractivity contribution in [3.63, 3.8) is 0 Å². The molecule has 1 atom stereocenters. The second-order valence-electron chi connectivity index (χ2n) is 4.94. The van der Waals surface area contributed by atoms with Gasteiger partial charge in [-0.1, -0.05) is 12.1 Å². The molecule has 6 heteroatoms. The smallest absolute Gasteiger partial charge is 0.240 e. The molecule has 1 heterocycles. The number of hydrogen-bond donors (Lipinski definition) is 2. The number of sulfonamides is 1. The third-order valence-electron chi connectivity index (χ3n) is 3.42. The van der Waals surface area contributed by atoms with Crippen LogP contribution in [-0.4, -0.2) is 39.4 Å². The van der Waals surface area contributed by atoms with Gasteiger partial charge in [-0.15, -0.1) is 0 Å². The molecule has 0 radical (unpaired) electrons. The Balaban J connectivity index is 1.88. The van der Waals surface area contributed by atoms with Gasteiger partial charge in [0.1, 0.15) is 0 Å². The topological polar surface area (TPSA) is 75.6 Å². The van der Waals surface area contributed by atoms with Crippen LogP contribution in [0.5, 0.6) is 0 Å². The van der Waals surface area contributed by atoms with Crippen molar-refractivity contribution in [3.05, 3.63) is 29.8 Å². The molecule has 0 aromatic heterocycles. The minimum absolute atomic E-state index is 0.0612. The Kier molecular flexibility index (Phi) is 5.54. The van der Waals surface area contributed by atoms with Gasteiger partial charge in [0.2, 0.25) is 10.0 Å². The Bertz CT molecular complexity index is 506. The molecule has 2 rings (SSSR count). The molecule has 0 aliphatic carbocycles. The van der Waals surface area contributed by atoms with Crippen LogP contribution in [0.4, 0.5) is 0 Å². The maximum Gasteiger partial charge on any atom is 0.240 e. The summed E-state index contributed by atoms with van der Waals surface area (Å²) in [4.78, 5) is 0.256. The molecule has 1 aromatic rings. The van der Waals surface area contributed by atoms with Crippen molar-refractivity contribution < 1.29 is 18.3 Å². The van der Waals surface area contributed by atoms with Crippen LogP contribution in [0.2, 0.25) is 0 Å². The molecule has 0 amide bonds. The van der Waals surface area contributed by atoms with Crippen LogP contribution in [0.3, 0.4) is 0 Å². The normalized spacial score (nSPS) is 19.4. The molecule has 1 unspecified atom stereocenters. The molecule has 112 valence electrons. The van der Waals surface area contributed by atoms with Crippen LogP contribution < -0.4 is 4.72 Å². The second kappa shape index (κ2) is 7.17. The van der Waals surface area contributed by atoms with Crippen molar-refractivity contribution in [2.45, 2.75) is 36.7 Å². The van der Waals surface area contributed by atoms with Gasteiger partial charge in [-0.05, 0) is 43.4 Å². The van der Waals surface area contributed by atoms with E-state index in [4.69, 9.17) is 9.84 Å². The Hall–Kier alpha value is -0.950. The Morgan fingerprint density at radius 2 is 2.05 bits per heavy atom. The lowest BCUT2D eigenvalue weighted by Crippen LogP contribution is -2.27. The van der Waals surface area contributed by atoms with Gasteiger partial charge in [-0.3, -0.25) is 0 Å². The molecular weight excluding hydrogens is 278 g/mol. The minimum atomic E-state index is -3.45. The fourth-order valence-electron chi connectivity index (χ4n) is 2.27. The van der Waals surface area contributed by atoms with E-state index in [1.165, 1.54) is 0 Å². The number of aliphatic hydroxyl groups excluding tert-OH is 1. The maximum absolute atomic E-state index is 12.1. The molecule has 1 aromatic carbocycles. The van der Waals surface area contributed by atoms with Gasteiger partial charge in [0, 0.05) is 19.8 Å². The summed E-state index contributed by atoms with van der Waals surface area (Å²) >= 11 is 0. The molecule has 1 aliphatic rings. The van der Waals surface area contributed by atoms with Gasteiger partial charge in [-0.2, -0.15) is 0 Å². The first-order chi connectivity index (χ1) is 9.62. The van der Waals surface area contributed by atoms with E-state index in [-0.39, 0.29) is 17.6 Å². The molecule has 1 aliphatic heterocycles. The summed E-state index contributed by atoms with van der Waals surface area (Å²) in [7, 11) is -3.45. The second-order valence-corrected chi connectivity index (χ2v) is 6.71. The molecule has 5 nitrogen and oxygen atoms in total. The van der Waals surface area contributed by atoms with Gasteiger partial charge in [0.05, 0.1) is 11.0 Å². The van der Waals surface area contributed by atoms with E-state index in [1.54, 1.807) is 24.3 Å². The molecule has 20 heavy (non-hydrogen) atoms. The average molecular weight is 299 g/mol. The number of aliphatic hydroxyl groups is 1. The number of rotatable bonds is 7. The Morgan fingerprint density at radius 1 is 1.30 bits per heavy atom. The Labute approximate surface area is 120 Å². The fraction of sp³-hybridized carbons (Fsp3) is 0.571. The van der Waals surface area contributed by atoms with Crippen molar-refractivity contribution in [1.82, 2.24) is 4.72 Å². The van der Waals surface area contributed by atoms with Crippen LogP contribution >= 0.6 is 0 Å². The zero-order valence-electron chi connectivity index (χ0n) is 11.4. The van der Waals surface area contributed by atoms with Gasteiger partial charge in [-0.25, -0.2) is 13.1 Å². The first-order valence-electron chi connectivity index (χ1n) is 6.93. The summed E-state index contributed by atoms with van der Waals surface area (Å²) in [6, 6.07) is 6.59. The highest BCUT2D eigenvalue weighted by Crippen LogP contribution is 2.15. The number of benzene rings is 1. The third-order valence-corrected chi connectivity index (χ3v) is 4.89. The van der Waals surface area contributed by atoms with Crippen molar-refractivity contribution in [1.29, 1.82) is 0 Å². The van der Waals surface area contributed by atoms with Gasteiger partial charge in [0.25, 0.3) is 0 Å². The SMILES string of the molecule is O=S(=O)(NCCC1CCCO1)c1ccc(CCO)cc1. The van der Waals surface area contributed by atoms with Crippen molar-refractivity contribution in [3.8, 4) is 0 Å². The monoisotopic (exact) mass is 299 g/mol. The quantitative estimate of drug-likeness (QED) is 0.789. The van der Waals surface area contributed by atoms with Crippen LogP contribution in [-0.2, 0) is 21.2 Å². The molecule has 0 bridgehead atoms. The van der Waals surface area contributed by atoms with Crippen LogP contribution in [0.1, 0.15) is 24.8 Å². The molecule has 1 saturated heterocycles. The zero-order chi connectivity index (χ0) is 14.4. The Morgan fingerprint density at radius 3 is 2.65 bits per heavy atom.